The van der Waals surface area contributed by atoms with E-state index in [0.29, 0.717) is 24.5 Å². The molecule has 0 atom stereocenters. The van der Waals surface area contributed by atoms with Crippen LogP contribution < -0.4 is 10.1 Å². The second-order valence-electron chi connectivity index (χ2n) is 5.51. The van der Waals surface area contributed by atoms with E-state index in [0.717, 1.165) is 34.4 Å². The van der Waals surface area contributed by atoms with Crippen molar-refractivity contribution in [1.29, 1.82) is 0 Å². The van der Waals surface area contributed by atoms with Gasteiger partial charge in [0, 0.05) is 6.54 Å². The molecule has 0 fully saturated rings. The standard InChI is InChI=1S/C16H18N6O2S/c1-10-14(20-25-19-10)9-22-11(2)15(18-21-22)16(23)17-8-12-4-6-13(24-3)7-5-12/h4-7H,8-9H2,1-3H3,(H,17,23). The molecule has 0 aliphatic heterocycles. The summed E-state index contributed by atoms with van der Waals surface area (Å²) in [4.78, 5) is 12.4. The predicted molar refractivity (Wildman–Crippen MR) is 92.7 cm³/mol. The van der Waals surface area contributed by atoms with Gasteiger partial charge in [0.25, 0.3) is 5.91 Å². The number of amides is 1. The van der Waals surface area contributed by atoms with Crippen molar-refractivity contribution < 1.29 is 9.53 Å². The highest BCUT2D eigenvalue weighted by molar-refractivity contribution is 6.99. The Kier molecular flexibility index (Phi) is 5.03. The molecule has 0 bridgehead atoms. The highest BCUT2D eigenvalue weighted by Gasteiger charge is 2.17. The zero-order valence-electron chi connectivity index (χ0n) is 14.2. The van der Waals surface area contributed by atoms with E-state index in [1.54, 1.807) is 11.8 Å². The van der Waals surface area contributed by atoms with Gasteiger partial charge in [0.05, 0.1) is 42.5 Å². The fourth-order valence-corrected chi connectivity index (χ4v) is 2.82. The van der Waals surface area contributed by atoms with Crippen LogP contribution in [-0.2, 0) is 13.1 Å². The van der Waals surface area contributed by atoms with Crippen LogP contribution in [0.5, 0.6) is 5.75 Å². The van der Waals surface area contributed by atoms with Crippen LogP contribution in [-0.4, -0.2) is 36.8 Å². The quantitative estimate of drug-likeness (QED) is 0.721. The Morgan fingerprint density at radius 3 is 2.64 bits per heavy atom. The maximum atomic E-state index is 12.4. The number of aromatic nitrogens is 5. The van der Waals surface area contributed by atoms with Crippen molar-refractivity contribution in [2.24, 2.45) is 0 Å². The van der Waals surface area contributed by atoms with Crippen molar-refractivity contribution in [3.05, 3.63) is 52.6 Å². The summed E-state index contributed by atoms with van der Waals surface area (Å²) in [6.07, 6.45) is 0. The summed E-state index contributed by atoms with van der Waals surface area (Å²) >= 11 is 1.16. The Hall–Kier alpha value is -2.81. The van der Waals surface area contributed by atoms with Gasteiger partial charge in [0.2, 0.25) is 0 Å². The number of nitrogens with zero attached hydrogens (tertiary/aromatic N) is 5. The van der Waals surface area contributed by atoms with Crippen molar-refractivity contribution >= 4 is 17.6 Å². The van der Waals surface area contributed by atoms with E-state index >= 15 is 0 Å². The maximum absolute atomic E-state index is 12.4. The van der Waals surface area contributed by atoms with Crippen LogP contribution in [0.25, 0.3) is 0 Å². The summed E-state index contributed by atoms with van der Waals surface area (Å²) in [6, 6.07) is 7.52. The van der Waals surface area contributed by atoms with E-state index < -0.39 is 0 Å². The normalized spacial score (nSPS) is 10.7. The first-order valence-corrected chi connectivity index (χ1v) is 8.40. The van der Waals surface area contributed by atoms with Gasteiger partial charge in [-0.05, 0) is 31.5 Å². The van der Waals surface area contributed by atoms with Crippen molar-refractivity contribution in [3.63, 3.8) is 0 Å². The molecule has 0 saturated heterocycles. The van der Waals surface area contributed by atoms with Gasteiger partial charge in [-0.1, -0.05) is 17.3 Å². The third-order valence-electron chi connectivity index (χ3n) is 3.86. The van der Waals surface area contributed by atoms with Crippen molar-refractivity contribution in [1.82, 2.24) is 29.1 Å². The van der Waals surface area contributed by atoms with Gasteiger partial charge in [-0.2, -0.15) is 8.75 Å². The van der Waals surface area contributed by atoms with Gasteiger partial charge >= 0.3 is 0 Å². The zero-order valence-corrected chi connectivity index (χ0v) is 15.0. The number of rotatable bonds is 6. The molecule has 1 aromatic carbocycles. The van der Waals surface area contributed by atoms with E-state index in [4.69, 9.17) is 4.74 Å². The first kappa shape index (κ1) is 17.0. The van der Waals surface area contributed by atoms with Crippen LogP contribution in [0.15, 0.2) is 24.3 Å². The molecule has 8 nitrogen and oxygen atoms in total. The van der Waals surface area contributed by atoms with E-state index in [9.17, 15) is 4.79 Å². The topological polar surface area (TPSA) is 94.8 Å². The van der Waals surface area contributed by atoms with Gasteiger partial charge in [-0.15, -0.1) is 5.10 Å². The molecule has 3 aromatic rings. The highest BCUT2D eigenvalue weighted by atomic mass is 32.1. The second kappa shape index (κ2) is 7.39. The number of hydrogen-bond donors (Lipinski definition) is 1. The summed E-state index contributed by atoms with van der Waals surface area (Å²) in [5.41, 5.74) is 3.69. The van der Waals surface area contributed by atoms with E-state index in [2.05, 4.69) is 24.4 Å². The summed E-state index contributed by atoms with van der Waals surface area (Å²) in [6.45, 7) is 4.57. The summed E-state index contributed by atoms with van der Waals surface area (Å²) < 4.78 is 15.1. The molecule has 0 aliphatic rings. The van der Waals surface area contributed by atoms with Crippen LogP contribution >= 0.6 is 11.7 Å². The lowest BCUT2D eigenvalue weighted by atomic mass is 10.2. The first-order valence-electron chi connectivity index (χ1n) is 7.67. The van der Waals surface area contributed by atoms with Crippen LogP contribution in [0.2, 0.25) is 0 Å². The minimum absolute atomic E-state index is 0.257. The minimum Gasteiger partial charge on any atom is -0.497 e. The molecule has 0 saturated carbocycles. The predicted octanol–water partition coefficient (Wildman–Crippen LogP) is 1.73. The van der Waals surface area contributed by atoms with Gasteiger partial charge in [0.15, 0.2) is 5.69 Å². The van der Waals surface area contributed by atoms with Gasteiger partial charge in [-0.25, -0.2) is 4.68 Å². The van der Waals surface area contributed by atoms with Gasteiger partial charge in [0.1, 0.15) is 5.75 Å². The summed E-state index contributed by atoms with van der Waals surface area (Å²) in [7, 11) is 1.62. The van der Waals surface area contributed by atoms with Crippen molar-refractivity contribution in [2.75, 3.05) is 7.11 Å². The molecule has 2 heterocycles. The average Bonchev–Trinajstić information content (AvgIpc) is 3.20. The Morgan fingerprint density at radius 1 is 1.24 bits per heavy atom. The molecule has 1 N–H and O–H groups in total. The number of nitrogens with one attached hydrogen (secondary N) is 1. The number of aryl methyl sites for hydroxylation is 1. The Morgan fingerprint density at radius 2 is 2.00 bits per heavy atom. The summed E-state index contributed by atoms with van der Waals surface area (Å²) in [5.74, 6) is 0.522. The number of hydrogen-bond acceptors (Lipinski definition) is 7. The molecular weight excluding hydrogens is 340 g/mol. The molecular formula is C16H18N6O2S. The SMILES string of the molecule is COc1ccc(CNC(=O)c2nnn(Cc3nsnc3C)c2C)cc1. The Balaban J connectivity index is 1.65. The third-order valence-corrected chi connectivity index (χ3v) is 4.51. The molecule has 130 valence electrons. The monoisotopic (exact) mass is 358 g/mol. The summed E-state index contributed by atoms with van der Waals surface area (Å²) in [5, 5.41) is 10.9. The number of ether oxygens (including phenoxy) is 1. The molecule has 0 aliphatic carbocycles. The van der Waals surface area contributed by atoms with Crippen LogP contribution in [0.4, 0.5) is 0 Å². The molecule has 0 radical (unpaired) electrons. The number of carbonyl (C=O) groups excluding carboxylic acids is 1. The van der Waals surface area contributed by atoms with E-state index in [1.165, 1.54) is 0 Å². The fraction of sp³-hybridized carbons (Fsp3) is 0.312. The smallest absolute Gasteiger partial charge is 0.274 e. The van der Waals surface area contributed by atoms with E-state index in [-0.39, 0.29) is 5.91 Å². The molecule has 2 aromatic heterocycles. The first-order chi connectivity index (χ1) is 12.1. The zero-order chi connectivity index (χ0) is 17.8. The highest BCUT2D eigenvalue weighted by Crippen LogP contribution is 2.12. The van der Waals surface area contributed by atoms with Crippen LogP contribution in [0.1, 0.15) is 33.1 Å². The molecule has 9 heteroatoms. The maximum Gasteiger partial charge on any atom is 0.274 e. The molecule has 1 amide bonds. The molecule has 0 spiro atoms. The lowest BCUT2D eigenvalue weighted by Crippen LogP contribution is -2.24. The lowest BCUT2D eigenvalue weighted by Gasteiger charge is -2.06. The third kappa shape index (κ3) is 3.82. The van der Waals surface area contributed by atoms with Crippen molar-refractivity contribution in [3.8, 4) is 5.75 Å². The van der Waals surface area contributed by atoms with Gasteiger partial charge in [-0.3, -0.25) is 4.79 Å². The largest absolute Gasteiger partial charge is 0.497 e. The lowest BCUT2D eigenvalue weighted by molar-refractivity contribution is 0.0945. The number of benzene rings is 1. The Labute approximate surface area is 149 Å². The second-order valence-corrected chi connectivity index (χ2v) is 6.04. The Bertz CT molecular complexity index is 871. The molecule has 0 unspecified atom stereocenters. The number of methoxy groups -OCH3 is 1. The van der Waals surface area contributed by atoms with Crippen molar-refractivity contribution in [2.45, 2.75) is 26.9 Å². The van der Waals surface area contributed by atoms with Gasteiger partial charge < -0.3 is 10.1 Å². The fourth-order valence-electron chi connectivity index (χ4n) is 2.26. The molecule has 3 rings (SSSR count). The molecule has 25 heavy (non-hydrogen) atoms. The van der Waals surface area contributed by atoms with Crippen LogP contribution in [0, 0.1) is 13.8 Å². The van der Waals surface area contributed by atoms with Crippen LogP contribution in [0.3, 0.4) is 0 Å². The van der Waals surface area contributed by atoms with E-state index in [1.807, 2.05) is 38.1 Å². The number of carbonyl (C=O) groups is 1. The average molecular weight is 358 g/mol. The minimum atomic E-state index is -0.257.